The zero-order valence-electron chi connectivity index (χ0n) is 14.5. The second-order valence-electron chi connectivity index (χ2n) is 4.35. The molecule has 1 unspecified atom stereocenters. The second-order valence-corrected chi connectivity index (χ2v) is 4.35. The SMILES string of the molecule is [2H]C([2H])([2H])C([2H])(C)c1ccc(-c2cccc[n+]2C)c(C)c1. The summed E-state index contributed by atoms with van der Waals surface area (Å²) < 4.78 is 32.8. The largest absolute Gasteiger partial charge is 0.212 e. The lowest BCUT2D eigenvalue weighted by Gasteiger charge is -2.09. The number of nitrogens with zero attached hydrogens (tertiary/aromatic N) is 1. The standard InChI is InChI=1S/C16H20N/c1-12(2)14-8-9-15(13(3)11-14)16-7-5-6-10-17(16)4/h5-12H,1-4H3/q+1/i1D3,12D. The summed E-state index contributed by atoms with van der Waals surface area (Å²) in [4.78, 5) is 0. The van der Waals surface area contributed by atoms with E-state index in [1.807, 2.05) is 55.1 Å². The number of hydrogen-bond donors (Lipinski definition) is 0. The van der Waals surface area contributed by atoms with Crippen LogP contribution >= 0.6 is 0 Å². The molecule has 0 saturated carbocycles. The zero-order chi connectivity index (χ0) is 15.8. The van der Waals surface area contributed by atoms with E-state index in [1.165, 1.54) is 6.92 Å². The van der Waals surface area contributed by atoms with E-state index in [4.69, 9.17) is 5.48 Å². The van der Waals surface area contributed by atoms with Crippen LogP contribution in [0.4, 0.5) is 0 Å². The number of aryl methyl sites for hydroxylation is 2. The van der Waals surface area contributed by atoms with Gasteiger partial charge < -0.3 is 0 Å². The Balaban J connectivity index is 2.51. The minimum Gasteiger partial charge on any atom is -0.201 e. The molecule has 0 fully saturated rings. The van der Waals surface area contributed by atoms with Crippen LogP contribution in [-0.2, 0) is 7.05 Å². The molecule has 0 aliphatic heterocycles. The summed E-state index contributed by atoms with van der Waals surface area (Å²) >= 11 is 0. The Kier molecular flexibility index (Phi) is 2.12. The molecule has 0 N–H and O–H groups in total. The van der Waals surface area contributed by atoms with Crippen LogP contribution in [0.15, 0.2) is 42.6 Å². The number of aromatic nitrogens is 1. The van der Waals surface area contributed by atoms with E-state index in [9.17, 15) is 0 Å². The molecule has 1 heteroatoms. The average molecular weight is 230 g/mol. The molecule has 1 aromatic heterocycles. The molecule has 0 aliphatic carbocycles. The summed E-state index contributed by atoms with van der Waals surface area (Å²) in [5, 5.41) is 0. The topological polar surface area (TPSA) is 3.88 Å². The monoisotopic (exact) mass is 230 g/mol. The van der Waals surface area contributed by atoms with Crippen LogP contribution in [0.5, 0.6) is 0 Å². The van der Waals surface area contributed by atoms with E-state index in [1.54, 1.807) is 6.07 Å². The summed E-state index contributed by atoms with van der Waals surface area (Å²) in [6.45, 7) is 1.04. The fraction of sp³-hybridized carbons (Fsp3) is 0.312. The van der Waals surface area contributed by atoms with Crippen molar-refractivity contribution in [2.75, 3.05) is 0 Å². The first kappa shape index (κ1) is 7.65. The fourth-order valence-corrected chi connectivity index (χ4v) is 1.99. The molecule has 1 nitrogen and oxygen atoms in total. The first-order chi connectivity index (χ1) is 9.64. The smallest absolute Gasteiger partial charge is 0.201 e. The van der Waals surface area contributed by atoms with Crippen LogP contribution in [0.2, 0.25) is 0 Å². The molecule has 0 amide bonds. The van der Waals surface area contributed by atoms with Gasteiger partial charge in [0.25, 0.3) is 0 Å². The molecule has 2 aromatic rings. The molecule has 0 saturated heterocycles. The van der Waals surface area contributed by atoms with E-state index < -0.39 is 12.7 Å². The van der Waals surface area contributed by atoms with Gasteiger partial charge >= 0.3 is 0 Å². The predicted molar refractivity (Wildman–Crippen MR) is 71.9 cm³/mol. The summed E-state index contributed by atoms with van der Waals surface area (Å²) in [5.74, 6) is -1.60. The van der Waals surface area contributed by atoms with E-state index in [0.29, 0.717) is 5.56 Å². The lowest BCUT2D eigenvalue weighted by atomic mass is 9.96. The maximum atomic E-state index is 8.17. The van der Waals surface area contributed by atoms with Crippen molar-refractivity contribution in [2.45, 2.75) is 26.6 Å². The van der Waals surface area contributed by atoms with Crippen LogP contribution < -0.4 is 4.57 Å². The summed E-state index contributed by atoms with van der Waals surface area (Å²) in [6.07, 6.45) is 1.97. The fourth-order valence-electron chi connectivity index (χ4n) is 1.99. The molecule has 2 rings (SSSR count). The zero-order valence-corrected chi connectivity index (χ0v) is 10.5. The molecule has 0 spiro atoms. The normalized spacial score (nSPS) is 18.5. The molecule has 1 heterocycles. The van der Waals surface area contributed by atoms with Crippen LogP contribution in [0.25, 0.3) is 11.3 Å². The van der Waals surface area contributed by atoms with Gasteiger partial charge in [-0.1, -0.05) is 25.9 Å². The van der Waals surface area contributed by atoms with Crippen LogP contribution in [0, 0.1) is 6.92 Å². The van der Waals surface area contributed by atoms with Crippen molar-refractivity contribution in [3.05, 3.63) is 53.7 Å². The molecule has 1 atom stereocenters. The molecule has 0 bridgehead atoms. The van der Waals surface area contributed by atoms with Crippen molar-refractivity contribution in [1.29, 1.82) is 0 Å². The third-order valence-corrected chi connectivity index (χ3v) is 2.99. The highest BCUT2D eigenvalue weighted by Gasteiger charge is 2.11. The molecule has 1 aromatic carbocycles. The van der Waals surface area contributed by atoms with Crippen LogP contribution in [0.3, 0.4) is 0 Å². The third kappa shape index (κ3) is 2.38. The highest BCUT2D eigenvalue weighted by molar-refractivity contribution is 5.61. The Morgan fingerprint density at radius 1 is 1.29 bits per heavy atom. The minimum absolute atomic E-state index is 0.516. The number of benzene rings is 1. The lowest BCUT2D eigenvalue weighted by Crippen LogP contribution is -2.30. The van der Waals surface area contributed by atoms with Crippen molar-refractivity contribution in [3.8, 4) is 11.3 Å². The molecular weight excluding hydrogens is 206 g/mol. The maximum Gasteiger partial charge on any atom is 0.212 e. The third-order valence-electron chi connectivity index (χ3n) is 2.99. The van der Waals surface area contributed by atoms with E-state index in [2.05, 4.69) is 0 Å². The Morgan fingerprint density at radius 3 is 2.76 bits per heavy atom. The predicted octanol–water partition coefficient (Wildman–Crippen LogP) is 3.61. The van der Waals surface area contributed by atoms with E-state index in [-0.39, 0.29) is 0 Å². The van der Waals surface area contributed by atoms with Gasteiger partial charge in [0.2, 0.25) is 5.69 Å². The first-order valence-corrected chi connectivity index (χ1v) is 5.71. The van der Waals surface area contributed by atoms with Gasteiger partial charge in [-0.05, 0) is 36.1 Å². The summed E-state index contributed by atoms with van der Waals surface area (Å²) in [5.41, 5.74) is 3.59. The van der Waals surface area contributed by atoms with Crippen LogP contribution in [0.1, 0.15) is 36.3 Å². The van der Waals surface area contributed by atoms with Crippen molar-refractivity contribution >= 4 is 0 Å². The van der Waals surface area contributed by atoms with Crippen LogP contribution in [-0.4, -0.2) is 0 Å². The van der Waals surface area contributed by atoms with Gasteiger partial charge in [0, 0.05) is 23.2 Å². The van der Waals surface area contributed by atoms with Gasteiger partial charge in [-0.15, -0.1) is 0 Å². The quantitative estimate of drug-likeness (QED) is 0.694. The van der Waals surface area contributed by atoms with Crippen molar-refractivity contribution in [3.63, 3.8) is 0 Å². The molecule has 0 radical (unpaired) electrons. The average Bonchev–Trinajstić information content (AvgIpc) is 2.38. The Labute approximate surface area is 109 Å². The minimum atomic E-state index is -2.35. The molecule has 17 heavy (non-hydrogen) atoms. The number of rotatable bonds is 2. The molecule has 88 valence electrons. The number of hydrogen-bond acceptors (Lipinski definition) is 0. The second kappa shape index (κ2) is 4.70. The highest BCUT2D eigenvalue weighted by Crippen LogP contribution is 2.24. The summed E-state index contributed by atoms with van der Waals surface area (Å²) in [6, 6.07) is 11.4. The van der Waals surface area contributed by atoms with Crippen molar-refractivity contribution in [2.24, 2.45) is 7.05 Å². The molecular formula is C16H20N+. The van der Waals surface area contributed by atoms with Gasteiger partial charge in [-0.25, -0.2) is 4.57 Å². The van der Waals surface area contributed by atoms with Crippen molar-refractivity contribution < 1.29 is 10.1 Å². The van der Waals surface area contributed by atoms with Gasteiger partial charge in [0.15, 0.2) is 6.20 Å². The maximum absolute atomic E-state index is 8.17. The van der Waals surface area contributed by atoms with Gasteiger partial charge in [-0.3, -0.25) is 0 Å². The Hall–Kier alpha value is -1.63. The number of pyridine rings is 1. The van der Waals surface area contributed by atoms with Crippen molar-refractivity contribution in [1.82, 2.24) is 0 Å². The summed E-state index contributed by atoms with van der Waals surface area (Å²) in [7, 11) is 1.97. The van der Waals surface area contributed by atoms with Gasteiger partial charge in [0.1, 0.15) is 7.05 Å². The Morgan fingerprint density at radius 2 is 2.12 bits per heavy atom. The molecule has 0 aliphatic rings. The van der Waals surface area contributed by atoms with E-state index >= 15 is 0 Å². The van der Waals surface area contributed by atoms with E-state index in [0.717, 1.165) is 16.8 Å². The van der Waals surface area contributed by atoms with Gasteiger partial charge in [0.05, 0.1) is 0 Å². The first-order valence-electron chi connectivity index (χ1n) is 7.71. The van der Waals surface area contributed by atoms with Gasteiger partial charge in [-0.2, -0.15) is 0 Å². The lowest BCUT2D eigenvalue weighted by molar-refractivity contribution is -0.660. The Bertz CT molecular complexity index is 660. The highest BCUT2D eigenvalue weighted by atomic mass is 14.9.